The van der Waals surface area contributed by atoms with E-state index in [-0.39, 0.29) is 27.6 Å². The Kier molecular flexibility index (Phi) is 5.69. The van der Waals surface area contributed by atoms with Crippen LogP contribution in [0.2, 0.25) is 0 Å². The summed E-state index contributed by atoms with van der Waals surface area (Å²) in [6, 6.07) is 10.1. The third kappa shape index (κ3) is 5.28. The fraction of sp³-hybridized carbons (Fsp3) is 0.188. The second-order valence-corrected chi connectivity index (χ2v) is 9.30. The second kappa shape index (κ2) is 7.44. The molecule has 10 heteroatoms. The van der Waals surface area contributed by atoms with Gasteiger partial charge in [-0.25, -0.2) is 22.0 Å². The summed E-state index contributed by atoms with van der Waals surface area (Å²) in [6.07, 6.45) is 1.13. The van der Waals surface area contributed by atoms with Gasteiger partial charge in [0.1, 0.15) is 10.6 Å². The molecule has 0 aliphatic rings. The molecular weight excluding hydrogens is 380 g/mol. The van der Waals surface area contributed by atoms with Crippen molar-refractivity contribution in [3.05, 3.63) is 53.6 Å². The van der Waals surface area contributed by atoms with Crippen LogP contribution in [0.15, 0.2) is 47.4 Å². The third-order valence-electron chi connectivity index (χ3n) is 3.37. The van der Waals surface area contributed by atoms with Crippen molar-refractivity contribution in [2.75, 3.05) is 18.7 Å². The summed E-state index contributed by atoms with van der Waals surface area (Å²) in [5.74, 6) is -0.539. The number of carbonyl (C=O) groups excluding carboxylic acids is 1. The van der Waals surface area contributed by atoms with Crippen molar-refractivity contribution in [3.8, 4) is 5.75 Å². The van der Waals surface area contributed by atoms with E-state index in [2.05, 4.69) is 5.32 Å². The van der Waals surface area contributed by atoms with Crippen molar-refractivity contribution in [2.24, 2.45) is 5.14 Å². The monoisotopic (exact) mass is 398 g/mol. The lowest BCUT2D eigenvalue weighted by Gasteiger charge is -2.10. The molecule has 0 unspecified atom stereocenters. The summed E-state index contributed by atoms with van der Waals surface area (Å²) >= 11 is 0. The molecule has 0 aliphatic carbocycles. The lowest BCUT2D eigenvalue weighted by Crippen LogP contribution is -2.16. The van der Waals surface area contributed by atoms with Gasteiger partial charge in [0, 0.05) is 17.5 Å². The molecular formula is C16H18N2O6S2. The number of sulfonamides is 1. The number of nitrogens with one attached hydrogen (secondary N) is 1. The van der Waals surface area contributed by atoms with Crippen molar-refractivity contribution in [1.29, 1.82) is 0 Å². The van der Waals surface area contributed by atoms with E-state index in [9.17, 15) is 21.6 Å². The van der Waals surface area contributed by atoms with Gasteiger partial charge in [-0.15, -0.1) is 0 Å². The number of ether oxygens (including phenoxy) is 1. The number of benzene rings is 2. The summed E-state index contributed by atoms with van der Waals surface area (Å²) in [5, 5.41) is 7.70. The summed E-state index contributed by atoms with van der Waals surface area (Å²) < 4.78 is 50.7. The van der Waals surface area contributed by atoms with Gasteiger partial charge in [0.2, 0.25) is 10.0 Å². The fourth-order valence-electron chi connectivity index (χ4n) is 2.24. The summed E-state index contributed by atoms with van der Waals surface area (Å²) in [5.41, 5.74) is 1.07. The molecule has 2 aromatic rings. The zero-order valence-corrected chi connectivity index (χ0v) is 15.7. The van der Waals surface area contributed by atoms with Crippen LogP contribution in [0.25, 0.3) is 0 Å². The number of anilines is 1. The minimum atomic E-state index is -4.02. The van der Waals surface area contributed by atoms with Crippen molar-refractivity contribution >= 4 is 31.5 Å². The molecule has 2 aromatic carbocycles. The average Bonchev–Trinajstić information content (AvgIpc) is 2.53. The Morgan fingerprint density at radius 2 is 1.69 bits per heavy atom. The van der Waals surface area contributed by atoms with Gasteiger partial charge in [0.05, 0.1) is 12.9 Å². The van der Waals surface area contributed by atoms with Crippen LogP contribution < -0.4 is 15.2 Å². The molecule has 26 heavy (non-hydrogen) atoms. The minimum Gasteiger partial charge on any atom is -0.495 e. The first kappa shape index (κ1) is 19.9. The zero-order valence-electron chi connectivity index (χ0n) is 14.1. The van der Waals surface area contributed by atoms with Crippen molar-refractivity contribution in [1.82, 2.24) is 0 Å². The first-order valence-corrected chi connectivity index (χ1v) is 10.9. The molecule has 1 amide bonds. The highest BCUT2D eigenvalue weighted by Crippen LogP contribution is 2.26. The van der Waals surface area contributed by atoms with Gasteiger partial charge in [0.25, 0.3) is 5.91 Å². The number of carbonyl (C=O) groups is 1. The molecule has 0 fully saturated rings. The van der Waals surface area contributed by atoms with Gasteiger partial charge in [-0.2, -0.15) is 0 Å². The van der Waals surface area contributed by atoms with Gasteiger partial charge < -0.3 is 10.1 Å². The van der Waals surface area contributed by atoms with Crippen LogP contribution in [0.5, 0.6) is 5.75 Å². The Morgan fingerprint density at radius 3 is 2.19 bits per heavy atom. The smallest absolute Gasteiger partial charge is 0.255 e. The first-order chi connectivity index (χ1) is 12.0. The van der Waals surface area contributed by atoms with Gasteiger partial charge >= 0.3 is 0 Å². The SMILES string of the molecule is COc1ccc(NC(=O)c2ccc(CS(C)(=O)=O)cc2)cc1S(N)(=O)=O. The van der Waals surface area contributed by atoms with E-state index in [1.54, 1.807) is 12.1 Å². The highest BCUT2D eigenvalue weighted by molar-refractivity contribution is 7.90. The van der Waals surface area contributed by atoms with Gasteiger partial charge in [-0.3, -0.25) is 4.79 Å². The predicted molar refractivity (Wildman–Crippen MR) is 97.3 cm³/mol. The van der Waals surface area contributed by atoms with E-state index in [0.29, 0.717) is 5.56 Å². The molecule has 140 valence electrons. The molecule has 0 heterocycles. The maximum atomic E-state index is 12.3. The van der Waals surface area contributed by atoms with Gasteiger partial charge in [0.15, 0.2) is 9.84 Å². The molecule has 0 saturated carbocycles. The Bertz CT molecular complexity index is 1030. The summed E-state index contributed by atoms with van der Waals surface area (Å²) in [4.78, 5) is 12.0. The number of amides is 1. The number of sulfone groups is 1. The van der Waals surface area contributed by atoms with Crippen LogP contribution in [0.3, 0.4) is 0 Å². The van der Waals surface area contributed by atoms with Crippen LogP contribution >= 0.6 is 0 Å². The number of methoxy groups -OCH3 is 1. The van der Waals surface area contributed by atoms with Gasteiger partial charge in [-0.1, -0.05) is 12.1 Å². The molecule has 8 nitrogen and oxygen atoms in total. The zero-order chi connectivity index (χ0) is 19.5. The van der Waals surface area contributed by atoms with Crippen molar-refractivity contribution in [2.45, 2.75) is 10.6 Å². The number of hydrogen-bond acceptors (Lipinski definition) is 6. The molecule has 0 bridgehead atoms. The topological polar surface area (TPSA) is 133 Å². The normalized spacial score (nSPS) is 11.8. The maximum absolute atomic E-state index is 12.3. The average molecular weight is 398 g/mol. The molecule has 0 radical (unpaired) electrons. The quantitative estimate of drug-likeness (QED) is 0.750. The standard InChI is InChI=1S/C16H18N2O6S2/c1-24-14-8-7-13(9-15(14)26(17,22)23)18-16(19)12-5-3-11(4-6-12)10-25(2,20)21/h3-9H,10H2,1-2H3,(H,18,19)(H2,17,22,23). The summed E-state index contributed by atoms with van der Waals surface area (Å²) in [6.45, 7) is 0. The number of nitrogens with two attached hydrogens (primary N) is 1. The predicted octanol–water partition coefficient (Wildman–Crippen LogP) is 1.14. The molecule has 0 atom stereocenters. The third-order valence-corrected chi connectivity index (χ3v) is 5.16. The Morgan fingerprint density at radius 1 is 1.08 bits per heavy atom. The van der Waals surface area contributed by atoms with Gasteiger partial charge in [-0.05, 0) is 35.9 Å². The largest absolute Gasteiger partial charge is 0.495 e. The minimum absolute atomic E-state index is 0.0654. The van der Waals surface area contributed by atoms with Crippen molar-refractivity contribution in [3.63, 3.8) is 0 Å². The maximum Gasteiger partial charge on any atom is 0.255 e. The van der Waals surface area contributed by atoms with E-state index < -0.39 is 25.8 Å². The number of primary sulfonamides is 1. The van der Waals surface area contributed by atoms with E-state index >= 15 is 0 Å². The number of hydrogen-bond donors (Lipinski definition) is 2. The van der Waals surface area contributed by atoms with Crippen LogP contribution in [-0.2, 0) is 25.6 Å². The second-order valence-electron chi connectivity index (χ2n) is 5.63. The van der Waals surface area contributed by atoms with Crippen LogP contribution in [-0.4, -0.2) is 36.1 Å². The Labute approximate surface area is 151 Å². The van der Waals surface area contributed by atoms with E-state index in [4.69, 9.17) is 9.88 Å². The molecule has 0 spiro atoms. The molecule has 0 saturated heterocycles. The molecule has 3 N–H and O–H groups in total. The van der Waals surface area contributed by atoms with E-state index in [1.165, 1.54) is 37.4 Å². The molecule has 0 aliphatic heterocycles. The van der Waals surface area contributed by atoms with Crippen LogP contribution in [0.4, 0.5) is 5.69 Å². The Hall–Kier alpha value is -2.43. The van der Waals surface area contributed by atoms with Crippen LogP contribution in [0.1, 0.15) is 15.9 Å². The lowest BCUT2D eigenvalue weighted by atomic mass is 10.1. The highest BCUT2D eigenvalue weighted by Gasteiger charge is 2.17. The Balaban J connectivity index is 2.22. The summed E-state index contributed by atoms with van der Waals surface area (Å²) in [7, 11) is -5.88. The van der Waals surface area contributed by atoms with Crippen molar-refractivity contribution < 1.29 is 26.4 Å². The molecule has 0 aromatic heterocycles. The number of rotatable bonds is 6. The fourth-order valence-corrected chi connectivity index (χ4v) is 3.76. The van der Waals surface area contributed by atoms with E-state index in [1.807, 2.05) is 0 Å². The van der Waals surface area contributed by atoms with E-state index in [0.717, 1.165) is 6.26 Å². The highest BCUT2D eigenvalue weighted by atomic mass is 32.2. The lowest BCUT2D eigenvalue weighted by molar-refractivity contribution is 0.102. The molecule has 2 rings (SSSR count). The van der Waals surface area contributed by atoms with Crippen LogP contribution in [0, 0.1) is 0 Å². The first-order valence-electron chi connectivity index (χ1n) is 7.28.